The fourth-order valence-corrected chi connectivity index (χ4v) is 0.595. The van der Waals surface area contributed by atoms with Crippen molar-refractivity contribution < 1.29 is 14.3 Å². The van der Waals surface area contributed by atoms with Crippen LogP contribution in [0, 0.1) is 0 Å². The number of rotatable bonds is 5. The smallest absolute Gasteiger partial charge is 0.302 e. The number of carbonyl (C=O) groups excluding carboxylic acids is 1. The molecule has 0 aromatic rings. The molecular formula is C6H10Cl2O3. The van der Waals surface area contributed by atoms with E-state index in [1.54, 1.807) is 0 Å². The second-order valence-electron chi connectivity index (χ2n) is 1.81. The van der Waals surface area contributed by atoms with Crippen LogP contribution in [0.3, 0.4) is 0 Å². The number of esters is 1. The van der Waals surface area contributed by atoms with Gasteiger partial charge in [-0.3, -0.25) is 4.79 Å². The van der Waals surface area contributed by atoms with E-state index in [1.165, 1.54) is 6.92 Å². The molecule has 0 aliphatic rings. The van der Waals surface area contributed by atoms with Crippen LogP contribution in [-0.2, 0) is 14.3 Å². The first-order chi connectivity index (χ1) is 5.13. The summed E-state index contributed by atoms with van der Waals surface area (Å²) < 4.78 is 9.48. The molecule has 0 rings (SSSR count). The van der Waals surface area contributed by atoms with Crippen LogP contribution in [0.15, 0.2) is 0 Å². The summed E-state index contributed by atoms with van der Waals surface area (Å²) in [5.74, 6) is -0.318. The first-order valence-corrected chi connectivity index (χ1v) is 3.99. The third kappa shape index (κ3) is 10.0. The van der Waals surface area contributed by atoms with Crippen LogP contribution >= 0.6 is 23.2 Å². The monoisotopic (exact) mass is 200 g/mol. The zero-order valence-corrected chi connectivity index (χ0v) is 7.69. The topological polar surface area (TPSA) is 35.5 Å². The first kappa shape index (κ1) is 11.0. The Morgan fingerprint density at radius 2 is 2.09 bits per heavy atom. The molecule has 0 N–H and O–H groups in total. The highest BCUT2D eigenvalue weighted by Gasteiger charge is 1.98. The third-order valence-corrected chi connectivity index (χ3v) is 1.03. The maximum atomic E-state index is 10.2. The van der Waals surface area contributed by atoms with Gasteiger partial charge in [-0.25, -0.2) is 0 Å². The normalized spacial score (nSPS) is 10.2. The summed E-state index contributed by atoms with van der Waals surface area (Å²) >= 11 is 10.7. The number of hydrogen-bond acceptors (Lipinski definition) is 3. The minimum Gasteiger partial charge on any atom is -0.463 e. The summed E-state index contributed by atoms with van der Waals surface area (Å²) in [6.45, 7) is 2.17. The molecule has 0 heterocycles. The quantitative estimate of drug-likeness (QED) is 0.382. The Balaban J connectivity index is 2.97. The van der Waals surface area contributed by atoms with Gasteiger partial charge in [-0.05, 0) is 0 Å². The molecule has 0 saturated carbocycles. The summed E-state index contributed by atoms with van der Waals surface area (Å²) in [6, 6.07) is 0. The van der Waals surface area contributed by atoms with Crippen LogP contribution < -0.4 is 0 Å². The van der Waals surface area contributed by atoms with Crippen molar-refractivity contribution in [1.29, 1.82) is 0 Å². The number of alkyl halides is 2. The largest absolute Gasteiger partial charge is 0.463 e. The highest BCUT2D eigenvalue weighted by atomic mass is 35.5. The zero-order chi connectivity index (χ0) is 8.69. The van der Waals surface area contributed by atoms with E-state index in [-0.39, 0.29) is 19.2 Å². The van der Waals surface area contributed by atoms with Crippen molar-refractivity contribution in [3.63, 3.8) is 0 Å². The van der Waals surface area contributed by atoms with Gasteiger partial charge in [0, 0.05) is 6.92 Å². The Kier molecular flexibility index (Phi) is 6.71. The molecule has 0 atom stereocenters. The van der Waals surface area contributed by atoms with Crippen molar-refractivity contribution in [3.05, 3.63) is 0 Å². The molecule has 0 aliphatic heterocycles. The molecule has 11 heavy (non-hydrogen) atoms. The summed E-state index contributed by atoms with van der Waals surface area (Å²) in [5, 5.41) is 0. The third-order valence-electron chi connectivity index (χ3n) is 0.777. The van der Waals surface area contributed by atoms with Gasteiger partial charge in [-0.15, -0.1) is 23.2 Å². The van der Waals surface area contributed by atoms with E-state index in [1.807, 2.05) is 0 Å². The lowest BCUT2D eigenvalue weighted by molar-refractivity contribution is -0.142. The highest BCUT2D eigenvalue weighted by Crippen LogP contribution is 2.00. The second-order valence-corrected chi connectivity index (χ2v) is 3.08. The maximum Gasteiger partial charge on any atom is 0.302 e. The van der Waals surface area contributed by atoms with Gasteiger partial charge in [-0.1, -0.05) is 0 Å². The summed E-state index contributed by atoms with van der Waals surface area (Å²) in [5.41, 5.74) is 0. The van der Waals surface area contributed by atoms with Gasteiger partial charge in [0.15, 0.2) is 0 Å². The van der Waals surface area contributed by atoms with E-state index in [0.29, 0.717) is 6.61 Å². The molecule has 0 aromatic carbocycles. The van der Waals surface area contributed by atoms with Gasteiger partial charge in [-0.2, -0.15) is 0 Å². The number of ether oxygens (including phenoxy) is 2. The van der Waals surface area contributed by atoms with Gasteiger partial charge in [0.25, 0.3) is 0 Å². The lowest BCUT2D eigenvalue weighted by Crippen LogP contribution is -2.10. The van der Waals surface area contributed by atoms with Gasteiger partial charge in [0.2, 0.25) is 0 Å². The Morgan fingerprint density at radius 3 is 2.55 bits per heavy atom. The molecule has 0 radical (unpaired) electrons. The Labute approximate surface area is 75.6 Å². The average Bonchev–Trinajstić information content (AvgIpc) is 1.85. The maximum absolute atomic E-state index is 10.2. The second kappa shape index (κ2) is 6.70. The van der Waals surface area contributed by atoms with Crippen molar-refractivity contribution in [2.24, 2.45) is 0 Å². The fraction of sp³-hybridized carbons (Fsp3) is 0.833. The fourth-order valence-electron chi connectivity index (χ4n) is 0.417. The minimum absolute atomic E-state index is 0.246. The van der Waals surface area contributed by atoms with Gasteiger partial charge in [0.05, 0.1) is 13.2 Å². The molecule has 0 bridgehead atoms. The predicted molar refractivity (Wildman–Crippen MR) is 42.9 cm³/mol. The van der Waals surface area contributed by atoms with Crippen molar-refractivity contribution in [2.45, 2.75) is 11.8 Å². The van der Waals surface area contributed by atoms with Gasteiger partial charge in [0.1, 0.15) is 11.4 Å². The molecule has 0 aliphatic carbocycles. The highest BCUT2D eigenvalue weighted by molar-refractivity contribution is 6.44. The SMILES string of the molecule is CC(=O)OCCOCC(Cl)Cl. The lowest BCUT2D eigenvalue weighted by Gasteiger charge is -2.03. The Bertz CT molecular complexity index is 116. The van der Waals surface area contributed by atoms with Crippen molar-refractivity contribution in [2.75, 3.05) is 19.8 Å². The van der Waals surface area contributed by atoms with Crippen molar-refractivity contribution in [3.8, 4) is 0 Å². The van der Waals surface area contributed by atoms with Gasteiger partial charge >= 0.3 is 5.97 Å². The Hall–Kier alpha value is 0.01000. The average molecular weight is 201 g/mol. The standard InChI is InChI=1S/C6H10Cl2O3/c1-5(9)11-3-2-10-4-6(7)8/h6H,2-4H2,1H3. The number of hydrogen-bond donors (Lipinski definition) is 0. The molecule has 0 spiro atoms. The molecule has 3 nitrogen and oxygen atoms in total. The van der Waals surface area contributed by atoms with Gasteiger partial charge < -0.3 is 9.47 Å². The van der Waals surface area contributed by atoms with Crippen LogP contribution in [-0.4, -0.2) is 30.6 Å². The van der Waals surface area contributed by atoms with E-state index in [2.05, 4.69) is 4.74 Å². The molecule has 66 valence electrons. The van der Waals surface area contributed by atoms with Crippen LogP contribution in [0.4, 0.5) is 0 Å². The van der Waals surface area contributed by atoms with E-state index >= 15 is 0 Å². The zero-order valence-electron chi connectivity index (χ0n) is 6.18. The molecule has 0 unspecified atom stereocenters. The van der Waals surface area contributed by atoms with Crippen LogP contribution in [0.1, 0.15) is 6.92 Å². The molecule has 0 amide bonds. The predicted octanol–water partition coefficient (Wildman–Crippen LogP) is 1.37. The van der Waals surface area contributed by atoms with Crippen LogP contribution in [0.2, 0.25) is 0 Å². The summed E-state index contributed by atoms with van der Waals surface area (Å²) in [6.07, 6.45) is 0. The molecule has 0 aromatic heterocycles. The molecular weight excluding hydrogens is 191 g/mol. The minimum atomic E-state index is -0.521. The van der Waals surface area contributed by atoms with Crippen LogP contribution in [0.5, 0.6) is 0 Å². The van der Waals surface area contributed by atoms with Crippen molar-refractivity contribution in [1.82, 2.24) is 0 Å². The van der Waals surface area contributed by atoms with E-state index in [0.717, 1.165) is 0 Å². The van der Waals surface area contributed by atoms with E-state index < -0.39 is 4.84 Å². The summed E-state index contributed by atoms with van der Waals surface area (Å²) in [7, 11) is 0. The first-order valence-electron chi connectivity index (χ1n) is 3.12. The number of carbonyl (C=O) groups is 1. The van der Waals surface area contributed by atoms with E-state index in [4.69, 9.17) is 27.9 Å². The molecule has 5 heteroatoms. The van der Waals surface area contributed by atoms with E-state index in [9.17, 15) is 4.79 Å². The summed E-state index contributed by atoms with van der Waals surface area (Å²) in [4.78, 5) is 9.69. The number of halogens is 2. The van der Waals surface area contributed by atoms with Crippen LogP contribution in [0.25, 0.3) is 0 Å². The Morgan fingerprint density at radius 1 is 1.45 bits per heavy atom. The van der Waals surface area contributed by atoms with Crippen molar-refractivity contribution >= 4 is 29.2 Å². The molecule has 0 saturated heterocycles. The molecule has 0 fully saturated rings. The lowest BCUT2D eigenvalue weighted by atomic mass is 10.7.